The molecule has 0 amide bonds. The molecule has 1 aliphatic rings. The van der Waals surface area contributed by atoms with Crippen LogP contribution in [0.4, 0.5) is 5.69 Å². The first-order chi connectivity index (χ1) is 6.72. The van der Waals surface area contributed by atoms with Gasteiger partial charge in [0.05, 0.1) is 0 Å². The molecule has 1 heteroatoms. The zero-order chi connectivity index (χ0) is 10.1. The molecule has 0 spiro atoms. The molecule has 2 rings (SSSR count). The molecular weight excluding hydrogens is 170 g/mol. The number of aryl methyl sites for hydroxylation is 1. The van der Waals surface area contributed by atoms with Gasteiger partial charge < -0.3 is 5.73 Å². The van der Waals surface area contributed by atoms with Gasteiger partial charge in [-0.15, -0.1) is 0 Å². The van der Waals surface area contributed by atoms with Gasteiger partial charge in [-0.1, -0.05) is 18.6 Å². The molecule has 1 aromatic carbocycles. The van der Waals surface area contributed by atoms with Crippen LogP contribution in [0.5, 0.6) is 0 Å². The van der Waals surface area contributed by atoms with E-state index in [1.807, 2.05) is 6.07 Å². The van der Waals surface area contributed by atoms with E-state index >= 15 is 0 Å². The molecule has 74 valence electrons. The van der Waals surface area contributed by atoms with E-state index in [9.17, 15) is 0 Å². The number of anilines is 1. The Labute approximate surface area is 85.6 Å². The van der Waals surface area contributed by atoms with Gasteiger partial charge in [-0.2, -0.15) is 0 Å². The minimum Gasteiger partial charge on any atom is -0.399 e. The summed E-state index contributed by atoms with van der Waals surface area (Å²) in [5, 5.41) is 0. The number of rotatable bonds is 1. The van der Waals surface area contributed by atoms with Crippen LogP contribution in [0.2, 0.25) is 0 Å². The van der Waals surface area contributed by atoms with E-state index in [4.69, 9.17) is 5.73 Å². The Morgan fingerprint density at radius 2 is 2.14 bits per heavy atom. The van der Waals surface area contributed by atoms with Gasteiger partial charge in [0.15, 0.2) is 0 Å². The normalized spacial score (nSPS) is 18.1. The molecule has 0 atom stereocenters. The monoisotopic (exact) mass is 187 g/mol. The first-order valence-corrected chi connectivity index (χ1v) is 5.29. The van der Waals surface area contributed by atoms with Gasteiger partial charge >= 0.3 is 0 Å². The number of hydrogen-bond donors (Lipinski definition) is 1. The van der Waals surface area contributed by atoms with Crippen LogP contribution in [0.1, 0.15) is 37.8 Å². The average molecular weight is 187 g/mol. The molecule has 0 aromatic heterocycles. The SMILES string of the molecule is CCC(C)=C1CCc2cc(N)ccc21. The van der Waals surface area contributed by atoms with Gasteiger partial charge in [0.1, 0.15) is 0 Å². The van der Waals surface area contributed by atoms with Crippen molar-refractivity contribution in [3.8, 4) is 0 Å². The molecule has 0 heterocycles. The van der Waals surface area contributed by atoms with E-state index in [1.54, 1.807) is 5.57 Å². The summed E-state index contributed by atoms with van der Waals surface area (Å²) in [6, 6.07) is 6.30. The number of hydrogen-bond acceptors (Lipinski definition) is 1. The highest BCUT2D eigenvalue weighted by Crippen LogP contribution is 2.35. The third-order valence-electron chi connectivity index (χ3n) is 3.14. The Bertz CT molecular complexity index is 388. The third kappa shape index (κ3) is 1.43. The Morgan fingerprint density at radius 3 is 2.86 bits per heavy atom. The molecule has 0 aliphatic heterocycles. The van der Waals surface area contributed by atoms with Crippen molar-refractivity contribution in [2.24, 2.45) is 0 Å². The van der Waals surface area contributed by atoms with Crippen LogP contribution in [-0.4, -0.2) is 0 Å². The standard InChI is InChI=1S/C13H17N/c1-3-9(2)12-6-4-10-8-11(14)5-7-13(10)12/h5,7-8H,3-4,6,14H2,1-2H3. The van der Waals surface area contributed by atoms with Gasteiger partial charge in [0, 0.05) is 5.69 Å². The second kappa shape index (κ2) is 3.49. The number of nitrogen functional groups attached to an aromatic ring is 1. The highest BCUT2D eigenvalue weighted by atomic mass is 14.5. The molecule has 1 nitrogen and oxygen atoms in total. The highest BCUT2D eigenvalue weighted by Gasteiger charge is 2.17. The molecule has 14 heavy (non-hydrogen) atoms. The predicted molar refractivity (Wildman–Crippen MR) is 62.1 cm³/mol. The minimum atomic E-state index is 0.888. The second-order valence-corrected chi connectivity index (χ2v) is 4.03. The van der Waals surface area contributed by atoms with Crippen LogP contribution in [0, 0.1) is 0 Å². The molecule has 2 N–H and O–H groups in total. The number of nitrogens with two attached hydrogens (primary N) is 1. The Balaban J connectivity index is 2.50. The van der Waals surface area contributed by atoms with E-state index in [1.165, 1.54) is 23.1 Å². The lowest BCUT2D eigenvalue weighted by atomic mass is 10.0. The van der Waals surface area contributed by atoms with Crippen molar-refractivity contribution >= 4 is 11.3 Å². The zero-order valence-electron chi connectivity index (χ0n) is 8.93. The Morgan fingerprint density at radius 1 is 1.36 bits per heavy atom. The van der Waals surface area contributed by atoms with Gasteiger partial charge in [0.2, 0.25) is 0 Å². The van der Waals surface area contributed by atoms with E-state index in [-0.39, 0.29) is 0 Å². The van der Waals surface area contributed by atoms with E-state index in [0.717, 1.165) is 18.5 Å². The Kier molecular flexibility index (Phi) is 2.32. The van der Waals surface area contributed by atoms with Crippen LogP contribution >= 0.6 is 0 Å². The first-order valence-electron chi connectivity index (χ1n) is 5.29. The van der Waals surface area contributed by atoms with Gasteiger partial charge in [-0.3, -0.25) is 0 Å². The van der Waals surface area contributed by atoms with Crippen LogP contribution < -0.4 is 5.73 Å². The minimum absolute atomic E-state index is 0.888. The molecule has 0 radical (unpaired) electrons. The summed E-state index contributed by atoms with van der Waals surface area (Å²) < 4.78 is 0. The fourth-order valence-corrected chi connectivity index (χ4v) is 2.17. The summed E-state index contributed by atoms with van der Waals surface area (Å²) in [5.74, 6) is 0. The Hall–Kier alpha value is -1.24. The summed E-state index contributed by atoms with van der Waals surface area (Å²) in [6.07, 6.45) is 3.50. The summed E-state index contributed by atoms with van der Waals surface area (Å²) in [7, 11) is 0. The summed E-state index contributed by atoms with van der Waals surface area (Å²) in [6.45, 7) is 4.46. The van der Waals surface area contributed by atoms with E-state index < -0.39 is 0 Å². The van der Waals surface area contributed by atoms with Crippen molar-refractivity contribution in [1.29, 1.82) is 0 Å². The molecule has 1 aliphatic carbocycles. The maximum Gasteiger partial charge on any atom is 0.0317 e. The second-order valence-electron chi connectivity index (χ2n) is 4.03. The van der Waals surface area contributed by atoms with E-state index in [0.29, 0.717) is 0 Å². The average Bonchev–Trinajstić information content (AvgIpc) is 2.59. The van der Waals surface area contributed by atoms with Crippen LogP contribution in [0.25, 0.3) is 5.57 Å². The van der Waals surface area contributed by atoms with Crippen molar-refractivity contribution < 1.29 is 0 Å². The molecule has 0 unspecified atom stereocenters. The fourth-order valence-electron chi connectivity index (χ4n) is 2.17. The molecule has 0 bridgehead atoms. The summed E-state index contributed by atoms with van der Waals surface area (Å²) in [4.78, 5) is 0. The van der Waals surface area contributed by atoms with Crippen molar-refractivity contribution in [3.05, 3.63) is 34.9 Å². The van der Waals surface area contributed by atoms with Crippen molar-refractivity contribution in [3.63, 3.8) is 0 Å². The maximum absolute atomic E-state index is 5.77. The van der Waals surface area contributed by atoms with Crippen LogP contribution in [-0.2, 0) is 6.42 Å². The lowest BCUT2D eigenvalue weighted by Gasteiger charge is -2.05. The van der Waals surface area contributed by atoms with Gasteiger partial charge in [-0.05, 0) is 55.0 Å². The molecule has 0 saturated heterocycles. The van der Waals surface area contributed by atoms with Crippen molar-refractivity contribution in [1.82, 2.24) is 0 Å². The van der Waals surface area contributed by atoms with Crippen LogP contribution in [0.3, 0.4) is 0 Å². The number of benzene rings is 1. The maximum atomic E-state index is 5.77. The van der Waals surface area contributed by atoms with Gasteiger partial charge in [-0.25, -0.2) is 0 Å². The zero-order valence-corrected chi connectivity index (χ0v) is 8.93. The topological polar surface area (TPSA) is 26.0 Å². The number of fused-ring (bicyclic) bond motifs is 1. The summed E-state index contributed by atoms with van der Waals surface area (Å²) in [5.41, 5.74) is 12.6. The molecule has 1 aromatic rings. The first kappa shape index (κ1) is 9.32. The van der Waals surface area contributed by atoms with Gasteiger partial charge in [0.25, 0.3) is 0 Å². The van der Waals surface area contributed by atoms with Crippen molar-refractivity contribution in [2.75, 3.05) is 5.73 Å². The third-order valence-corrected chi connectivity index (χ3v) is 3.14. The largest absolute Gasteiger partial charge is 0.399 e. The van der Waals surface area contributed by atoms with Crippen molar-refractivity contribution in [2.45, 2.75) is 33.1 Å². The quantitative estimate of drug-likeness (QED) is 0.670. The highest BCUT2D eigenvalue weighted by molar-refractivity contribution is 5.76. The molecule has 0 saturated carbocycles. The number of allylic oxidation sites excluding steroid dienone is 2. The fraction of sp³-hybridized carbons (Fsp3) is 0.385. The summed E-state index contributed by atoms with van der Waals surface area (Å²) >= 11 is 0. The predicted octanol–water partition coefficient (Wildman–Crippen LogP) is 3.40. The lowest BCUT2D eigenvalue weighted by Crippen LogP contribution is -1.88. The molecule has 0 fully saturated rings. The smallest absolute Gasteiger partial charge is 0.0317 e. The van der Waals surface area contributed by atoms with E-state index in [2.05, 4.69) is 26.0 Å². The lowest BCUT2D eigenvalue weighted by molar-refractivity contribution is 1.04. The van der Waals surface area contributed by atoms with Crippen LogP contribution in [0.15, 0.2) is 23.8 Å². The molecular formula is C13H17N.